The zero-order valence-corrected chi connectivity index (χ0v) is 11.5. The maximum absolute atomic E-state index is 11.8. The molecule has 0 saturated heterocycles. The number of aliphatic hydroxyl groups excluding tert-OH is 1. The van der Waals surface area contributed by atoms with Crippen LogP contribution >= 0.6 is 11.6 Å². The van der Waals surface area contributed by atoms with Crippen molar-refractivity contribution in [1.29, 1.82) is 0 Å². The molecular formula is C14H19ClN2O2. The summed E-state index contributed by atoms with van der Waals surface area (Å²) in [6.45, 7) is 0.282. The first-order valence-electron chi connectivity index (χ1n) is 6.55. The molecule has 1 fully saturated rings. The fourth-order valence-electron chi connectivity index (χ4n) is 2.48. The van der Waals surface area contributed by atoms with Gasteiger partial charge >= 0.3 is 0 Å². The number of hydrogen-bond acceptors (Lipinski definition) is 3. The SMILES string of the molecule is O=C(CNC1(CO)CCCC1)Nc1cccc(Cl)c1. The molecule has 1 aromatic carbocycles. The molecule has 3 N–H and O–H groups in total. The van der Waals surface area contributed by atoms with Crippen molar-refractivity contribution in [3.63, 3.8) is 0 Å². The Bertz CT molecular complexity index is 445. The third-order valence-electron chi connectivity index (χ3n) is 3.60. The summed E-state index contributed by atoms with van der Waals surface area (Å²) >= 11 is 5.85. The molecule has 0 atom stereocenters. The van der Waals surface area contributed by atoms with Gasteiger partial charge in [0.1, 0.15) is 0 Å². The second-order valence-electron chi connectivity index (χ2n) is 5.06. The van der Waals surface area contributed by atoms with Crippen LogP contribution in [0.25, 0.3) is 0 Å². The molecule has 104 valence electrons. The molecule has 1 amide bonds. The molecule has 0 unspecified atom stereocenters. The van der Waals surface area contributed by atoms with E-state index in [1.165, 1.54) is 0 Å². The highest BCUT2D eigenvalue weighted by Gasteiger charge is 2.32. The highest BCUT2D eigenvalue weighted by molar-refractivity contribution is 6.30. The van der Waals surface area contributed by atoms with Crippen molar-refractivity contribution in [1.82, 2.24) is 5.32 Å². The van der Waals surface area contributed by atoms with Crippen molar-refractivity contribution in [3.8, 4) is 0 Å². The number of benzene rings is 1. The minimum absolute atomic E-state index is 0.0808. The van der Waals surface area contributed by atoms with Gasteiger partial charge in [-0.1, -0.05) is 30.5 Å². The second kappa shape index (κ2) is 6.37. The fourth-order valence-corrected chi connectivity index (χ4v) is 2.67. The average molecular weight is 283 g/mol. The summed E-state index contributed by atoms with van der Waals surface area (Å²) in [4.78, 5) is 11.8. The monoisotopic (exact) mass is 282 g/mol. The first kappa shape index (κ1) is 14.3. The molecule has 0 radical (unpaired) electrons. The molecular weight excluding hydrogens is 264 g/mol. The molecule has 1 saturated carbocycles. The average Bonchev–Trinajstić information content (AvgIpc) is 2.86. The molecule has 2 rings (SSSR count). The molecule has 19 heavy (non-hydrogen) atoms. The van der Waals surface area contributed by atoms with Gasteiger partial charge in [-0.15, -0.1) is 0 Å². The number of hydrogen-bond donors (Lipinski definition) is 3. The Morgan fingerprint density at radius 2 is 2.11 bits per heavy atom. The molecule has 1 aliphatic carbocycles. The first-order chi connectivity index (χ1) is 9.13. The highest BCUT2D eigenvalue weighted by Crippen LogP contribution is 2.28. The topological polar surface area (TPSA) is 61.4 Å². The lowest BCUT2D eigenvalue weighted by Crippen LogP contribution is -2.49. The summed E-state index contributed by atoms with van der Waals surface area (Å²) in [7, 11) is 0. The predicted octanol–water partition coefficient (Wildman–Crippen LogP) is 2.17. The summed E-state index contributed by atoms with van der Waals surface area (Å²) in [6, 6.07) is 7.05. The van der Waals surface area contributed by atoms with Gasteiger partial charge in [0.05, 0.1) is 13.2 Å². The number of amides is 1. The van der Waals surface area contributed by atoms with Crippen molar-refractivity contribution in [2.75, 3.05) is 18.5 Å². The van der Waals surface area contributed by atoms with Gasteiger partial charge in [0.15, 0.2) is 0 Å². The van der Waals surface area contributed by atoms with Crippen LogP contribution in [0.2, 0.25) is 5.02 Å². The van der Waals surface area contributed by atoms with Gasteiger partial charge < -0.3 is 15.7 Å². The van der Waals surface area contributed by atoms with E-state index in [0.29, 0.717) is 10.7 Å². The Balaban J connectivity index is 1.84. The van der Waals surface area contributed by atoms with E-state index in [9.17, 15) is 9.90 Å². The molecule has 5 heteroatoms. The molecule has 0 aromatic heterocycles. The van der Waals surface area contributed by atoms with E-state index in [1.54, 1.807) is 24.3 Å². The third kappa shape index (κ3) is 3.93. The van der Waals surface area contributed by atoms with E-state index in [0.717, 1.165) is 25.7 Å². The van der Waals surface area contributed by atoms with Gasteiger partial charge in [-0.2, -0.15) is 0 Å². The molecule has 0 spiro atoms. The predicted molar refractivity (Wildman–Crippen MR) is 76.4 cm³/mol. The number of carbonyl (C=O) groups is 1. The van der Waals surface area contributed by atoms with Crippen LogP contribution in [-0.2, 0) is 4.79 Å². The van der Waals surface area contributed by atoms with Gasteiger partial charge in [0.2, 0.25) is 5.91 Å². The molecule has 1 aromatic rings. The minimum atomic E-state index is -0.272. The van der Waals surface area contributed by atoms with Gasteiger partial charge in [-0.05, 0) is 31.0 Å². The van der Waals surface area contributed by atoms with Crippen LogP contribution in [0.4, 0.5) is 5.69 Å². The smallest absolute Gasteiger partial charge is 0.238 e. The maximum atomic E-state index is 11.8. The Morgan fingerprint density at radius 1 is 1.37 bits per heavy atom. The number of aliphatic hydroxyl groups is 1. The third-order valence-corrected chi connectivity index (χ3v) is 3.83. The van der Waals surface area contributed by atoms with E-state index in [-0.39, 0.29) is 24.6 Å². The van der Waals surface area contributed by atoms with Crippen molar-refractivity contribution >= 4 is 23.2 Å². The normalized spacial score (nSPS) is 17.4. The number of carbonyl (C=O) groups excluding carboxylic acids is 1. The molecule has 1 aliphatic rings. The number of rotatable bonds is 5. The van der Waals surface area contributed by atoms with Crippen LogP contribution in [-0.4, -0.2) is 29.7 Å². The molecule has 4 nitrogen and oxygen atoms in total. The molecule has 0 bridgehead atoms. The summed E-state index contributed by atoms with van der Waals surface area (Å²) in [5.74, 6) is -0.123. The number of nitrogens with one attached hydrogen (secondary N) is 2. The van der Waals surface area contributed by atoms with E-state index in [4.69, 9.17) is 11.6 Å². The Kier molecular flexibility index (Phi) is 4.80. The second-order valence-corrected chi connectivity index (χ2v) is 5.49. The Hall–Kier alpha value is -1.10. The van der Waals surface area contributed by atoms with Crippen LogP contribution in [0.15, 0.2) is 24.3 Å². The minimum Gasteiger partial charge on any atom is -0.394 e. The van der Waals surface area contributed by atoms with E-state index >= 15 is 0 Å². The largest absolute Gasteiger partial charge is 0.394 e. The summed E-state index contributed by atoms with van der Waals surface area (Å²) < 4.78 is 0. The lowest BCUT2D eigenvalue weighted by molar-refractivity contribution is -0.115. The van der Waals surface area contributed by atoms with Gasteiger partial charge in [-0.25, -0.2) is 0 Å². The quantitative estimate of drug-likeness (QED) is 0.776. The van der Waals surface area contributed by atoms with Crippen molar-refractivity contribution in [2.45, 2.75) is 31.2 Å². The summed E-state index contributed by atoms with van der Waals surface area (Å²) in [5.41, 5.74) is 0.412. The molecule has 0 aliphatic heterocycles. The van der Waals surface area contributed by atoms with Crippen LogP contribution in [0.5, 0.6) is 0 Å². The molecule has 0 heterocycles. The van der Waals surface area contributed by atoms with E-state index in [1.807, 2.05) is 0 Å². The highest BCUT2D eigenvalue weighted by atomic mass is 35.5. The fraction of sp³-hybridized carbons (Fsp3) is 0.500. The zero-order valence-electron chi connectivity index (χ0n) is 10.8. The standard InChI is InChI=1S/C14H19ClN2O2/c15-11-4-3-5-12(8-11)17-13(19)9-16-14(10-18)6-1-2-7-14/h3-5,8,16,18H,1-2,6-7,9-10H2,(H,17,19). The van der Waals surface area contributed by atoms with Crippen LogP contribution in [0.1, 0.15) is 25.7 Å². The van der Waals surface area contributed by atoms with E-state index in [2.05, 4.69) is 10.6 Å². The maximum Gasteiger partial charge on any atom is 0.238 e. The summed E-state index contributed by atoms with van der Waals surface area (Å²) in [6.07, 6.45) is 4.05. The van der Waals surface area contributed by atoms with Crippen LogP contribution in [0.3, 0.4) is 0 Å². The lowest BCUT2D eigenvalue weighted by atomic mass is 9.99. The summed E-state index contributed by atoms with van der Waals surface area (Å²) in [5, 5.41) is 16.0. The van der Waals surface area contributed by atoms with Gasteiger partial charge in [-0.3, -0.25) is 4.79 Å². The van der Waals surface area contributed by atoms with Gasteiger partial charge in [0.25, 0.3) is 0 Å². The Morgan fingerprint density at radius 3 is 2.74 bits per heavy atom. The number of anilines is 1. The number of halogens is 1. The van der Waals surface area contributed by atoms with Crippen molar-refractivity contribution in [3.05, 3.63) is 29.3 Å². The van der Waals surface area contributed by atoms with Gasteiger partial charge in [0, 0.05) is 16.2 Å². The zero-order chi connectivity index (χ0) is 13.7. The lowest BCUT2D eigenvalue weighted by Gasteiger charge is -2.27. The van der Waals surface area contributed by atoms with Crippen molar-refractivity contribution in [2.24, 2.45) is 0 Å². The van der Waals surface area contributed by atoms with E-state index < -0.39 is 0 Å². The Labute approximate surface area is 118 Å². The van der Waals surface area contributed by atoms with Crippen LogP contribution < -0.4 is 10.6 Å². The first-order valence-corrected chi connectivity index (χ1v) is 6.93. The van der Waals surface area contributed by atoms with Crippen LogP contribution in [0, 0.1) is 0 Å². The van der Waals surface area contributed by atoms with Crippen molar-refractivity contribution < 1.29 is 9.90 Å².